The van der Waals surface area contributed by atoms with Crippen molar-refractivity contribution in [1.29, 1.82) is 0 Å². The fourth-order valence-electron chi connectivity index (χ4n) is 2.02. The molecule has 0 saturated carbocycles. The van der Waals surface area contributed by atoms with Crippen LogP contribution < -0.4 is 5.32 Å². The zero-order valence-corrected chi connectivity index (χ0v) is 9.47. The highest BCUT2D eigenvalue weighted by molar-refractivity contribution is 6.30. The van der Waals surface area contributed by atoms with Crippen molar-refractivity contribution in [3.05, 3.63) is 28.5 Å². The largest absolute Gasteiger partial charge is 0.302 e. The normalized spacial score (nSPS) is 25.5. The molecule has 0 aliphatic carbocycles. The molecular weight excluding hydrogens is 196 g/mol. The van der Waals surface area contributed by atoms with Crippen LogP contribution in [0.2, 0.25) is 5.02 Å². The van der Waals surface area contributed by atoms with Crippen LogP contribution in [0.4, 0.5) is 0 Å². The molecule has 1 aliphatic rings. The van der Waals surface area contributed by atoms with E-state index in [9.17, 15) is 0 Å². The summed E-state index contributed by atoms with van der Waals surface area (Å²) in [6, 6.07) is 2.75. The number of hydrogen-bond donors (Lipinski definition) is 1. The molecule has 1 aromatic heterocycles. The number of rotatable bonds is 1. The summed E-state index contributed by atoms with van der Waals surface area (Å²) in [5.41, 5.74) is 2.41. The molecule has 0 aromatic carbocycles. The Morgan fingerprint density at radius 2 is 2.21 bits per heavy atom. The fourth-order valence-corrected chi connectivity index (χ4v) is 2.18. The summed E-state index contributed by atoms with van der Waals surface area (Å²) in [5, 5.41) is 4.25. The molecule has 2 atom stereocenters. The number of fused-ring (bicyclic) bond motifs is 1. The van der Waals surface area contributed by atoms with E-state index in [1.807, 2.05) is 6.07 Å². The molecule has 1 unspecified atom stereocenters. The van der Waals surface area contributed by atoms with Crippen molar-refractivity contribution in [2.45, 2.75) is 32.9 Å². The Morgan fingerprint density at radius 3 is 2.86 bits per heavy atom. The molecule has 14 heavy (non-hydrogen) atoms. The second-order valence-corrected chi connectivity index (χ2v) is 4.67. The highest BCUT2D eigenvalue weighted by atomic mass is 35.5. The molecule has 0 bridgehead atoms. The Hall–Kier alpha value is -0.600. The summed E-state index contributed by atoms with van der Waals surface area (Å²) in [6.45, 7) is 6.56. The van der Waals surface area contributed by atoms with E-state index in [0.29, 0.717) is 18.0 Å². The lowest BCUT2D eigenvalue weighted by atomic mass is 10.0. The third kappa shape index (κ3) is 1.53. The molecule has 2 heterocycles. The average molecular weight is 211 g/mol. The van der Waals surface area contributed by atoms with Crippen LogP contribution in [-0.4, -0.2) is 4.98 Å². The van der Waals surface area contributed by atoms with E-state index >= 15 is 0 Å². The molecule has 1 N–H and O–H groups in total. The number of pyridine rings is 1. The highest BCUT2D eigenvalue weighted by Gasteiger charge is 2.30. The summed E-state index contributed by atoms with van der Waals surface area (Å²) < 4.78 is 0. The average Bonchev–Trinajstić information content (AvgIpc) is 2.44. The minimum atomic E-state index is 0.364. The topological polar surface area (TPSA) is 24.9 Å². The van der Waals surface area contributed by atoms with Gasteiger partial charge in [-0.05, 0) is 24.5 Å². The molecule has 3 heteroatoms. The van der Waals surface area contributed by atoms with Gasteiger partial charge in [-0.1, -0.05) is 25.4 Å². The Bertz CT molecular complexity index is 349. The molecular formula is C11H15ClN2. The predicted octanol–water partition coefficient (Wildman–Crippen LogP) is 3.10. The summed E-state index contributed by atoms with van der Waals surface area (Å²) in [7, 11) is 0. The third-order valence-corrected chi connectivity index (χ3v) is 2.98. The SMILES string of the molecule is CC1N[C@@H](C(C)C)c2ncc(Cl)cc21. The lowest BCUT2D eigenvalue weighted by Crippen LogP contribution is -2.20. The quantitative estimate of drug-likeness (QED) is 0.771. The Kier molecular flexibility index (Phi) is 2.50. The molecule has 1 aromatic rings. The zero-order valence-electron chi connectivity index (χ0n) is 8.71. The van der Waals surface area contributed by atoms with Gasteiger partial charge in [0.25, 0.3) is 0 Å². The van der Waals surface area contributed by atoms with Crippen molar-refractivity contribution in [1.82, 2.24) is 10.3 Å². The monoisotopic (exact) mass is 210 g/mol. The van der Waals surface area contributed by atoms with Crippen LogP contribution in [0.15, 0.2) is 12.3 Å². The van der Waals surface area contributed by atoms with E-state index in [4.69, 9.17) is 11.6 Å². The first-order valence-corrected chi connectivity index (χ1v) is 5.38. The van der Waals surface area contributed by atoms with Crippen LogP contribution in [0.1, 0.15) is 44.1 Å². The van der Waals surface area contributed by atoms with Gasteiger partial charge in [0.2, 0.25) is 0 Å². The van der Waals surface area contributed by atoms with Crippen molar-refractivity contribution in [3.8, 4) is 0 Å². The molecule has 0 spiro atoms. The van der Waals surface area contributed by atoms with Gasteiger partial charge in [-0.15, -0.1) is 0 Å². The Morgan fingerprint density at radius 1 is 1.50 bits per heavy atom. The lowest BCUT2D eigenvalue weighted by molar-refractivity contribution is 0.407. The number of halogens is 1. The van der Waals surface area contributed by atoms with E-state index < -0.39 is 0 Å². The molecule has 0 saturated heterocycles. The van der Waals surface area contributed by atoms with Crippen LogP contribution in [0.25, 0.3) is 0 Å². The van der Waals surface area contributed by atoms with Crippen molar-refractivity contribution >= 4 is 11.6 Å². The maximum atomic E-state index is 5.93. The Balaban J connectivity index is 2.44. The van der Waals surface area contributed by atoms with Crippen molar-refractivity contribution in [2.75, 3.05) is 0 Å². The van der Waals surface area contributed by atoms with Gasteiger partial charge in [0.05, 0.1) is 16.8 Å². The molecule has 2 rings (SSSR count). The van der Waals surface area contributed by atoms with Crippen molar-refractivity contribution in [3.63, 3.8) is 0 Å². The third-order valence-electron chi connectivity index (χ3n) is 2.77. The first kappa shape index (κ1) is 9.94. The highest BCUT2D eigenvalue weighted by Crippen LogP contribution is 2.36. The minimum absolute atomic E-state index is 0.364. The van der Waals surface area contributed by atoms with Gasteiger partial charge in [-0.25, -0.2) is 0 Å². The Labute approximate surface area is 89.7 Å². The lowest BCUT2D eigenvalue weighted by Gasteiger charge is -2.15. The van der Waals surface area contributed by atoms with Crippen molar-refractivity contribution in [2.24, 2.45) is 5.92 Å². The second-order valence-electron chi connectivity index (χ2n) is 4.24. The molecule has 0 fully saturated rings. The van der Waals surface area contributed by atoms with Gasteiger partial charge in [-0.3, -0.25) is 4.98 Å². The number of nitrogens with one attached hydrogen (secondary N) is 1. The van der Waals surface area contributed by atoms with Crippen LogP contribution in [0.3, 0.4) is 0 Å². The van der Waals surface area contributed by atoms with Gasteiger partial charge >= 0.3 is 0 Å². The minimum Gasteiger partial charge on any atom is -0.302 e. The molecule has 0 radical (unpaired) electrons. The summed E-state index contributed by atoms with van der Waals surface area (Å²) >= 11 is 5.93. The zero-order chi connectivity index (χ0) is 10.3. The summed E-state index contributed by atoms with van der Waals surface area (Å²) in [5.74, 6) is 0.562. The van der Waals surface area contributed by atoms with Crippen LogP contribution in [-0.2, 0) is 0 Å². The van der Waals surface area contributed by atoms with Crippen LogP contribution >= 0.6 is 11.6 Å². The first-order valence-electron chi connectivity index (χ1n) is 5.01. The van der Waals surface area contributed by atoms with Gasteiger partial charge in [0.15, 0.2) is 0 Å². The first-order chi connectivity index (χ1) is 6.59. The standard InChI is InChI=1S/C11H15ClN2/c1-6(2)10-11-9(7(3)14-10)4-8(12)5-13-11/h4-7,10,14H,1-3H3/t7?,10-/m0/s1. The van der Waals surface area contributed by atoms with E-state index in [2.05, 4.69) is 31.1 Å². The number of nitrogens with zero attached hydrogens (tertiary/aromatic N) is 1. The van der Waals surface area contributed by atoms with Crippen molar-refractivity contribution < 1.29 is 0 Å². The molecule has 76 valence electrons. The van der Waals surface area contributed by atoms with E-state index in [0.717, 1.165) is 10.7 Å². The maximum Gasteiger partial charge on any atom is 0.0624 e. The van der Waals surface area contributed by atoms with Crippen LogP contribution in [0, 0.1) is 5.92 Å². The molecule has 1 aliphatic heterocycles. The van der Waals surface area contributed by atoms with E-state index in [-0.39, 0.29) is 0 Å². The molecule has 0 amide bonds. The fraction of sp³-hybridized carbons (Fsp3) is 0.545. The number of aromatic nitrogens is 1. The summed E-state index contributed by atoms with van der Waals surface area (Å²) in [6.07, 6.45) is 1.73. The predicted molar refractivity (Wildman–Crippen MR) is 58.4 cm³/mol. The van der Waals surface area contributed by atoms with E-state index in [1.54, 1.807) is 6.20 Å². The van der Waals surface area contributed by atoms with E-state index in [1.165, 1.54) is 5.56 Å². The second kappa shape index (κ2) is 3.52. The molecule has 2 nitrogen and oxygen atoms in total. The van der Waals surface area contributed by atoms with Gasteiger partial charge in [0.1, 0.15) is 0 Å². The summed E-state index contributed by atoms with van der Waals surface area (Å²) in [4.78, 5) is 4.42. The maximum absolute atomic E-state index is 5.93. The smallest absolute Gasteiger partial charge is 0.0624 e. The van der Waals surface area contributed by atoms with Gasteiger partial charge < -0.3 is 5.32 Å². The van der Waals surface area contributed by atoms with Crippen LogP contribution in [0.5, 0.6) is 0 Å². The van der Waals surface area contributed by atoms with Gasteiger partial charge in [-0.2, -0.15) is 0 Å². The number of hydrogen-bond acceptors (Lipinski definition) is 2. The van der Waals surface area contributed by atoms with Gasteiger partial charge in [0, 0.05) is 12.2 Å².